The van der Waals surface area contributed by atoms with Gasteiger partial charge in [0.2, 0.25) is 5.91 Å². The first kappa shape index (κ1) is 22.8. The molecular formula is C24H23Cl2N3O2S. The fourth-order valence-corrected chi connectivity index (χ4v) is 5.15. The summed E-state index contributed by atoms with van der Waals surface area (Å²) in [6.45, 7) is 0. The number of rotatable bonds is 6. The largest absolute Gasteiger partial charge is 0.349 e. The maximum atomic E-state index is 12.7. The van der Waals surface area contributed by atoms with Crippen LogP contribution >= 0.6 is 34.5 Å². The van der Waals surface area contributed by atoms with Crippen molar-refractivity contribution in [3.63, 3.8) is 0 Å². The third kappa shape index (κ3) is 5.68. The number of thiazole rings is 1. The van der Waals surface area contributed by atoms with E-state index in [0.29, 0.717) is 27.0 Å². The van der Waals surface area contributed by atoms with Crippen LogP contribution in [0, 0.1) is 0 Å². The number of halogens is 2. The molecule has 2 amide bonds. The molecule has 32 heavy (non-hydrogen) atoms. The van der Waals surface area contributed by atoms with E-state index in [9.17, 15) is 9.59 Å². The number of nitrogens with zero attached hydrogens (tertiary/aromatic N) is 1. The molecule has 1 aliphatic rings. The summed E-state index contributed by atoms with van der Waals surface area (Å²) in [6, 6.07) is 12.6. The molecule has 1 heterocycles. The molecule has 0 saturated heterocycles. The van der Waals surface area contributed by atoms with Crippen LogP contribution in [0.25, 0.3) is 10.6 Å². The van der Waals surface area contributed by atoms with Gasteiger partial charge in [0, 0.05) is 22.7 Å². The number of benzene rings is 2. The number of carbonyl (C=O) groups excluding carboxylic acids is 2. The Labute approximate surface area is 201 Å². The first-order valence-corrected chi connectivity index (χ1v) is 12.2. The zero-order valence-corrected chi connectivity index (χ0v) is 19.7. The minimum absolute atomic E-state index is 0.118. The van der Waals surface area contributed by atoms with Crippen molar-refractivity contribution >= 4 is 52.0 Å². The highest BCUT2D eigenvalue weighted by atomic mass is 35.5. The molecule has 5 nitrogen and oxygen atoms in total. The molecule has 0 aliphatic heterocycles. The Bertz CT molecular complexity index is 1130. The van der Waals surface area contributed by atoms with Crippen molar-refractivity contribution in [1.29, 1.82) is 0 Å². The van der Waals surface area contributed by atoms with Crippen LogP contribution in [0.4, 0.5) is 5.69 Å². The Kier molecular flexibility index (Phi) is 7.45. The number of hydrogen-bond acceptors (Lipinski definition) is 4. The van der Waals surface area contributed by atoms with Crippen LogP contribution < -0.4 is 10.6 Å². The average Bonchev–Trinajstić information content (AvgIpc) is 3.24. The first-order valence-electron chi connectivity index (χ1n) is 10.6. The molecule has 0 bridgehead atoms. The normalized spacial score (nSPS) is 14.2. The highest BCUT2D eigenvalue weighted by Gasteiger charge is 2.19. The van der Waals surface area contributed by atoms with Gasteiger partial charge in [-0.3, -0.25) is 9.59 Å². The van der Waals surface area contributed by atoms with Crippen molar-refractivity contribution in [3.05, 3.63) is 69.1 Å². The van der Waals surface area contributed by atoms with Crippen molar-refractivity contribution in [2.75, 3.05) is 5.32 Å². The van der Waals surface area contributed by atoms with Crippen LogP contribution in [0.2, 0.25) is 10.0 Å². The van der Waals surface area contributed by atoms with Crippen molar-refractivity contribution in [2.45, 2.75) is 44.6 Å². The van der Waals surface area contributed by atoms with E-state index in [1.54, 1.807) is 18.2 Å². The van der Waals surface area contributed by atoms with Gasteiger partial charge in [0.1, 0.15) is 5.01 Å². The predicted molar refractivity (Wildman–Crippen MR) is 131 cm³/mol. The van der Waals surface area contributed by atoms with E-state index in [1.165, 1.54) is 17.8 Å². The molecule has 0 atom stereocenters. The van der Waals surface area contributed by atoms with Gasteiger partial charge >= 0.3 is 0 Å². The fourth-order valence-electron chi connectivity index (χ4n) is 3.80. The van der Waals surface area contributed by atoms with Crippen LogP contribution in [0.1, 0.15) is 48.2 Å². The van der Waals surface area contributed by atoms with Crippen LogP contribution in [0.5, 0.6) is 0 Å². The molecule has 3 aromatic rings. The smallest absolute Gasteiger partial charge is 0.253 e. The number of carbonyl (C=O) groups is 2. The van der Waals surface area contributed by atoms with Gasteiger partial charge in [-0.15, -0.1) is 11.3 Å². The summed E-state index contributed by atoms with van der Waals surface area (Å²) < 4.78 is 0. The Morgan fingerprint density at radius 2 is 1.81 bits per heavy atom. The SMILES string of the molecule is O=C(Cc1csc(-c2ccccc2Cl)n1)Nc1ccc(Cl)c(C(=O)NC2CCCCC2)c1. The van der Waals surface area contributed by atoms with E-state index in [0.717, 1.165) is 36.3 Å². The minimum atomic E-state index is -0.220. The molecule has 2 aromatic carbocycles. The zero-order valence-electron chi connectivity index (χ0n) is 17.4. The highest BCUT2D eigenvalue weighted by molar-refractivity contribution is 7.13. The molecule has 1 aliphatic carbocycles. The topological polar surface area (TPSA) is 71.1 Å². The predicted octanol–water partition coefficient (Wildman–Crippen LogP) is 6.36. The molecule has 2 N–H and O–H groups in total. The molecule has 1 saturated carbocycles. The van der Waals surface area contributed by atoms with Crippen molar-refractivity contribution in [2.24, 2.45) is 0 Å². The summed E-state index contributed by atoms with van der Waals surface area (Å²) in [5.74, 6) is -0.427. The fraction of sp³-hybridized carbons (Fsp3) is 0.292. The second kappa shape index (κ2) is 10.5. The Hall–Kier alpha value is -2.41. The quantitative estimate of drug-likeness (QED) is 0.424. The maximum absolute atomic E-state index is 12.7. The van der Waals surface area contributed by atoms with Gasteiger partial charge in [-0.05, 0) is 37.1 Å². The molecule has 1 aromatic heterocycles. The third-order valence-corrected chi connectivity index (χ3v) is 7.02. The lowest BCUT2D eigenvalue weighted by Crippen LogP contribution is -2.36. The van der Waals surface area contributed by atoms with Crippen LogP contribution in [-0.2, 0) is 11.2 Å². The van der Waals surface area contributed by atoms with Gasteiger partial charge < -0.3 is 10.6 Å². The summed E-state index contributed by atoms with van der Waals surface area (Å²) >= 11 is 13.9. The number of hydrogen-bond donors (Lipinski definition) is 2. The summed E-state index contributed by atoms with van der Waals surface area (Å²) in [4.78, 5) is 29.8. The second-order valence-corrected chi connectivity index (χ2v) is 9.52. The Balaban J connectivity index is 1.40. The first-order chi connectivity index (χ1) is 15.5. The number of amides is 2. The van der Waals surface area contributed by atoms with Crippen molar-refractivity contribution < 1.29 is 9.59 Å². The van der Waals surface area contributed by atoms with E-state index in [2.05, 4.69) is 15.6 Å². The molecule has 0 radical (unpaired) electrons. The van der Waals surface area contributed by atoms with E-state index >= 15 is 0 Å². The Morgan fingerprint density at radius 3 is 2.59 bits per heavy atom. The van der Waals surface area contributed by atoms with Gasteiger partial charge in [-0.25, -0.2) is 4.98 Å². The van der Waals surface area contributed by atoms with E-state index < -0.39 is 0 Å². The number of anilines is 1. The molecule has 0 unspecified atom stereocenters. The molecule has 1 fully saturated rings. The zero-order chi connectivity index (χ0) is 22.5. The second-order valence-electron chi connectivity index (χ2n) is 7.85. The van der Waals surface area contributed by atoms with Gasteiger partial charge in [0.15, 0.2) is 0 Å². The standard InChI is InChI=1S/C24H23Cl2N3O2S/c25-20-9-5-4-8-18(20)24-29-17(14-32-24)13-22(30)27-16-10-11-21(26)19(12-16)23(31)28-15-6-2-1-3-7-15/h4-5,8-12,14-15H,1-3,6-7,13H2,(H,27,30)(H,28,31). The van der Waals surface area contributed by atoms with Gasteiger partial charge in [-0.1, -0.05) is 60.7 Å². The lowest BCUT2D eigenvalue weighted by Gasteiger charge is -2.23. The summed E-state index contributed by atoms with van der Waals surface area (Å²) in [6.07, 6.45) is 5.57. The molecule has 0 spiro atoms. The van der Waals surface area contributed by atoms with Gasteiger partial charge in [-0.2, -0.15) is 0 Å². The lowest BCUT2D eigenvalue weighted by atomic mass is 9.95. The molecule has 4 rings (SSSR count). The summed E-state index contributed by atoms with van der Waals surface area (Å²) in [5, 5.41) is 9.51. The highest BCUT2D eigenvalue weighted by Crippen LogP contribution is 2.30. The third-order valence-electron chi connectivity index (χ3n) is 5.43. The van der Waals surface area contributed by atoms with Crippen LogP contribution in [-0.4, -0.2) is 22.8 Å². The lowest BCUT2D eigenvalue weighted by molar-refractivity contribution is -0.115. The van der Waals surface area contributed by atoms with Gasteiger partial charge in [0.05, 0.1) is 27.7 Å². The maximum Gasteiger partial charge on any atom is 0.253 e. The van der Waals surface area contributed by atoms with E-state index in [4.69, 9.17) is 23.2 Å². The minimum Gasteiger partial charge on any atom is -0.349 e. The van der Waals surface area contributed by atoms with Crippen molar-refractivity contribution in [3.8, 4) is 10.6 Å². The van der Waals surface area contributed by atoms with Crippen LogP contribution in [0.3, 0.4) is 0 Å². The molecule has 166 valence electrons. The number of nitrogens with one attached hydrogen (secondary N) is 2. The van der Waals surface area contributed by atoms with Gasteiger partial charge in [0.25, 0.3) is 5.91 Å². The Morgan fingerprint density at radius 1 is 1.03 bits per heavy atom. The number of aromatic nitrogens is 1. The summed E-state index contributed by atoms with van der Waals surface area (Å²) in [5.41, 5.74) is 2.39. The molecular weight excluding hydrogens is 465 g/mol. The average molecular weight is 488 g/mol. The molecule has 8 heteroatoms. The van der Waals surface area contributed by atoms with Crippen LogP contribution in [0.15, 0.2) is 47.8 Å². The monoisotopic (exact) mass is 487 g/mol. The van der Waals surface area contributed by atoms with Crippen molar-refractivity contribution in [1.82, 2.24) is 10.3 Å². The van der Waals surface area contributed by atoms with E-state index in [-0.39, 0.29) is 24.3 Å². The van der Waals surface area contributed by atoms with E-state index in [1.807, 2.05) is 29.6 Å². The summed E-state index contributed by atoms with van der Waals surface area (Å²) in [7, 11) is 0.